The van der Waals surface area contributed by atoms with E-state index in [1.807, 2.05) is 18.2 Å². The number of benzene rings is 2. The number of nitrogens with one attached hydrogen (secondary N) is 1. The van der Waals surface area contributed by atoms with E-state index in [0.717, 1.165) is 30.5 Å². The lowest BCUT2D eigenvalue weighted by Crippen LogP contribution is -2.51. The number of aryl methyl sites for hydroxylation is 1. The molecule has 5 nitrogen and oxygen atoms in total. The van der Waals surface area contributed by atoms with E-state index in [1.54, 1.807) is 11.0 Å². The SMILES string of the molecule is NC1CC(Cc2ccccc2)CCN1C(=O)c1ccc2c(c1)CCC(=O)N2. The maximum absolute atomic E-state index is 13.0. The number of nitrogens with zero attached hydrogens (tertiary/aromatic N) is 1. The molecule has 2 aromatic carbocycles. The summed E-state index contributed by atoms with van der Waals surface area (Å²) >= 11 is 0. The van der Waals surface area contributed by atoms with Gasteiger partial charge in [-0.05, 0) is 60.9 Å². The summed E-state index contributed by atoms with van der Waals surface area (Å²) in [4.78, 5) is 26.3. The Labute approximate surface area is 159 Å². The highest BCUT2D eigenvalue weighted by atomic mass is 16.2. The molecule has 2 amide bonds. The van der Waals surface area contributed by atoms with Gasteiger partial charge in [0.2, 0.25) is 5.91 Å². The van der Waals surface area contributed by atoms with Crippen LogP contribution in [-0.4, -0.2) is 29.4 Å². The van der Waals surface area contributed by atoms with Gasteiger partial charge in [-0.25, -0.2) is 0 Å². The van der Waals surface area contributed by atoms with Gasteiger partial charge in [0.15, 0.2) is 0 Å². The number of piperidine rings is 1. The Hall–Kier alpha value is -2.66. The van der Waals surface area contributed by atoms with Gasteiger partial charge in [-0.3, -0.25) is 9.59 Å². The molecule has 0 bridgehead atoms. The molecule has 4 rings (SSSR count). The molecule has 2 aromatic rings. The van der Waals surface area contributed by atoms with Crippen molar-refractivity contribution in [2.75, 3.05) is 11.9 Å². The van der Waals surface area contributed by atoms with Crippen LogP contribution in [0.25, 0.3) is 0 Å². The molecule has 0 saturated carbocycles. The highest BCUT2D eigenvalue weighted by Gasteiger charge is 2.30. The molecule has 0 radical (unpaired) electrons. The number of likely N-dealkylation sites (tertiary alicyclic amines) is 1. The molecular weight excluding hydrogens is 338 g/mol. The summed E-state index contributed by atoms with van der Waals surface area (Å²) in [5.41, 5.74) is 10.2. The minimum atomic E-state index is -0.254. The van der Waals surface area contributed by atoms with E-state index in [4.69, 9.17) is 5.73 Å². The van der Waals surface area contributed by atoms with Crippen molar-refractivity contribution >= 4 is 17.5 Å². The Balaban J connectivity index is 1.42. The average molecular weight is 363 g/mol. The van der Waals surface area contributed by atoms with Crippen molar-refractivity contribution in [2.45, 2.75) is 38.3 Å². The van der Waals surface area contributed by atoms with Crippen LogP contribution in [0.1, 0.15) is 40.7 Å². The molecule has 0 aromatic heterocycles. The maximum Gasteiger partial charge on any atom is 0.255 e. The number of rotatable bonds is 3. The number of anilines is 1. The number of nitrogens with two attached hydrogens (primary N) is 1. The van der Waals surface area contributed by atoms with E-state index in [1.165, 1.54) is 5.56 Å². The predicted molar refractivity (Wildman–Crippen MR) is 105 cm³/mol. The van der Waals surface area contributed by atoms with E-state index in [0.29, 0.717) is 30.9 Å². The second-order valence-corrected chi connectivity index (χ2v) is 7.57. The standard InChI is InChI=1S/C22H25N3O2/c23-20-13-16(12-15-4-2-1-3-5-15)10-11-25(20)22(27)18-6-8-19-17(14-18)7-9-21(26)24-19/h1-6,8,14,16,20H,7,9-13,23H2,(H,24,26). The smallest absolute Gasteiger partial charge is 0.255 e. The van der Waals surface area contributed by atoms with Crippen LogP contribution in [0.5, 0.6) is 0 Å². The first-order valence-corrected chi connectivity index (χ1v) is 9.63. The predicted octanol–water partition coefficient (Wildman–Crippen LogP) is 2.95. The average Bonchev–Trinajstić information content (AvgIpc) is 2.68. The summed E-state index contributed by atoms with van der Waals surface area (Å²) in [7, 11) is 0. The molecule has 2 unspecified atom stereocenters. The van der Waals surface area contributed by atoms with Gasteiger partial charge in [0.25, 0.3) is 5.91 Å². The lowest BCUT2D eigenvalue weighted by Gasteiger charge is -2.37. The highest BCUT2D eigenvalue weighted by Crippen LogP contribution is 2.28. The summed E-state index contributed by atoms with van der Waals surface area (Å²) in [5, 5.41) is 2.85. The molecular formula is C22H25N3O2. The maximum atomic E-state index is 13.0. The molecule has 1 fully saturated rings. The molecule has 0 aliphatic carbocycles. The molecule has 140 valence electrons. The van der Waals surface area contributed by atoms with E-state index < -0.39 is 0 Å². The first kappa shape index (κ1) is 17.7. The van der Waals surface area contributed by atoms with Crippen LogP contribution < -0.4 is 11.1 Å². The van der Waals surface area contributed by atoms with Crippen molar-refractivity contribution in [1.29, 1.82) is 0 Å². The van der Waals surface area contributed by atoms with Gasteiger partial charge >= 0.3 is 0 Å². The number of hydrogen-bond acceptors (Lipinski definition) is 3. The fourth-order valence-corrected chi connectivity index (χ4v) is 4.14. The molecule has 2 heterocycles. The van der Waals surface area contributed by atoms with Gasteiger partial charge in [-0.1, -0.05) is 30.3 Å². The Kier molecular flexibility index (Phi) is 4.94. The fourth-order valence-electron chi connectivity index (χ4n) is 4.14. The van der Waals surface area contributed by atoms with Gasteiger partial charge in [0.1, 0.15) is 0 Å². The molecule has 2 atom stereocenters. The first-order valence-electron chi connectivity index (χ1n) is 9.63. The zero-order chi connectivity index (χ0) is 18.8. The summed E-state index contributed by atoms with van der Waals surface area (Å²) in [6.45, 7) is 0.686. The quantitative estimate of drug-likeness (QED) is 0.880. The summed E-state index contributed by atoms with van der Waals surface area (Å²) < 4.78 is 0. The number of amides is 2. The minimum absolute atomic E-state index is 0.0136. The summed E-state index contributed by atoms with van der Waals surface area (Å²) in [6.07, 6.45) is 3.69. The normalized spacial score (nSPS) is 22.1. The highest BCUT2D eigenvalue weighted by molar-refractivity contribution is 5.98. The van der Waals surface area contributed by atoms with Crippen molar-refractivity contribution in [1.82, 2.24) is 4.90 Å². The Morgan fingerprint density at radius 2 is 1.96 bits per heavy atom. The number of hydrogen-bond donors (Lipinski definition) is 2. The zero-order valence-corrected chi connectivity index (χ0v) is 15.4. The summed E-state index contributed by atoms with van der Waals surface area (Å²) in [5.74, 6) is 0.523. The topological polar surface area (TPSA) is 75.4 Å². The van der Waals surface area contributed by atoms with Crippen LogP contribution in [0.4, 0.5) is 5.69 Å². The Morgan fingerprint density at radius 1 is 1.15 bits per heavy atom. The van der Waals surface area contributed by atoms with E-state index >= 15 is 0 Å². The molecule has 3 N–H and O–H groups in total. The number of carbonyl (C=O) groups excluding carboxylic acids is 2. The van der Waals surface area contributed by atoms with Crippen molar-refractivity contribution in [3.8, 4) is 0 Å². The monoisotopic (exact) mass is 363 g/mol. The molecule has 0 spiro atoms. The second-order valence-electron chi connectivity index (χ2n) is 7.57. The van der Waals surface area contributed by atoms with Crippen LogP contribution >= 0.6 is 0 Å². The van der Waals surface area contributed by atoms with Gasteiger partial charge in [0, 0.05) is 24.2 Å². The molecule has 1 saturated heterocycles. The molecule has 2 aliphatic rings. The molecule has 27 heavy (non-hydrogen) atoms. The third kappa shape index (κ3) is 3.88. The van der Waals surface area contributed by atoms with Gasteiger partial charge in [-0.2, -0.15) is 0 Å². The third-order valence-corrected chi connectivity index (χ3v) is 5.63. The van der Waals surface area contributed by atoms with Crippen molar-refractivity contribution in [3.05, 3.63) is 65.2 Å². The first-order chi connectivity index (χ1) is 13.1. The fraction of sp³-hybridized carbons (Fsp3) is 0.364. The van der Waals surface area contributed by atoms with Crippen LogP contribution in [0.3, 0.4) is 0 Å². The third-order valence-electron chi connectivity index (χ3n) is 5.63. The second kappa shape index (κ2) is 7.53. The summed E-state index contributed by atoms with van der Waals surface area (Å²) in [6, 6.07) is 16.0. The van der Waals surface area contributed by atoms with Gasteiger partial charge in [-0.15, -0.1) is 0 Å². The van der Waals surface area contributed by atoms with E-state index in [-0.39, 0.29) is 18.0 Å². The van der Waals surface area contributed by atoms with Crippen LogP contribution in [-0.2, 0) is 17.6 Å². The number of fused-ring (bicyclic) bond motifs is 1. The molecule has 5 heteroatoms. The zero-order valence-electron chi connectivity index (χ0n) is 15.4. The molecule has 2 aliphatic heterocycles. The van der Waals surface area contributed by atoms with Crippen molar-refractivity contribution in [2.24, 2.45) is 11.7 Å². The lowest BCUT2D eigenvalue weighted by atomic mass is 9.88. The van der Waals surface area contributed by atoms with Crippen molar-refractivity contribution < 1.29 is 9.59 Å². The lowest BCUT2D eigenvalue weighted by molar-refractivity contribution is -0.116. The number of carbonyl (C=O) groups is 2. The minimum Gasteiger partial charge on any atom is -0.326 e. The van der Waals surface area contributed by atoms with Crippen LogP contribution in [0.15, 0.2) is 48.5 Å². The van der Waals surface area contributed by atoms with Gasteiger partial charge < -0.3 is 16.0 Å². The van der Waals surface area contributed by atoms with E-state index in [2.05, 4.69) is 29.6 Å². The van der Waals surface area contributed by atoms with Crippen LogP contribution in [0.2, 0.25) is 0 Å². The van der Waals surface area contributed by atoms with Crippen LogP contribution in [0, 0.1) is 5.92 Å². The van der Waals surface area contributed by atoms with Crippen molar-refractivity contribution in [3.63, 3.8) is 0 Å². The Bertz CT molecular complexity index is 850. The van der Waals surface area contributed by atoms with Gasteiger partial charge in [0.05, 0.1) is 6.17 Å². The van der Waals surface area contributed by atoms with E-state index in [9.17, 15) is 9.59 Å². The largest absolute Gasteiger partial charge is 0.326 e. The Morgan fingerprint density at radius 3 is 2.74 bits per heavy atom.